The Morgan fingerprint density at radius 2 is 2.27 bits per heavy atom. The fourth-order valence-corrected chi connectivity index (χ4v) is 2.79. The van der Waals surface area contributed by atoms with Gasteiger partial charge in [0, 0.05) is 18.5 Å². The van der Waals surface area contributed by atoms with Crippen molar-refractivity contribution in [3.63, 3.8) is 0 Å². The first-order valence-electron chi connectivity index (χ1n) is 4.71. The molecule has 3 nitrogen and oxygen atoms in total. The summed E-state index contributed by atoms with van der Waals surface area (Å²) in [6.07, 6.45) is 1.74. The van der Waals surface area contributed by atoms with Gasteiger partial charge in [-0.1, -0.05) is 0 Å². The fourth-order valence-electron chi connectivity index (χ4n) is 1.57. The van der Waals surface area contributed by atoms with Gasteiger partial charge in [0.2, 0.25) is 0 Å². The molecule has 0 aromatic carbocycles. The van der Waals surface area contributed by atoms with Gasteiger partial charge in [-0.3, -0.25) is 4.79 Å². The maximum Gasteiger partial charge on any atom is 0.274 e. The monoisotopic (exact) mass is 308 g/mol. The van der Waals surface area contributed by atoms with Crippen molar-refractivity contribution in [1.29, 1.82) is 0 Å². The molecule has 15 heavy (non-hydrogen) atoms. The predicted octanol–water partition coefficient (Wildman–Crippen LogP) is 2.75. The quantitative estimate of drug-likeness (QED) is 0.747. The molecule has 0 bridgehead atoms. The molecule has 2 heterocycles. The number of carbonyl (C=O) groups is 1. The Balaban J connectivity index is 2.06. The van der Waals surface area contributed by atoms with Crippen LogP contribution in [0.5, 0.6) is 0 Å². The summed E-state index contributed by atoms with van der Waals surface area (Å²) in [5.74, 6) is 0.00620. The van der Waals surface area contributed by atoms with Crippen LogP contribution in [0.4, 0.5) is 0 Å². The Bertz CT molecular complexity index is 363. The van der Waals surface area contributed by atoms with Gasteiger partial charge < -0.3 is 4.90 Å². The summed E-state index contributed by atoms with van der Waals surface area (Å²) >= 11 is 10.7. The van der Waals surface area contributed by atoms with Crippen molar-refractivity contribution in [1.82, 2.24) is 9.88 Å². The van der Waals surface area contributed by atoms with E-state index in [0.717, 1.165) is 29.7 Å². The number of likely N-dealkylation sites (tertiary alicyclic amines) is 1. The zero-order valence-corrected chi connectivity index (χ0v) is 11.1. The highest BCUT2D eigenvalue weighted by Gasteiger charge is 2.24. The largest absolute Gasteiger partial charge is 0.337 e. The van der Waals surface area contributed by atoms with E-state index in [9.17, 15) is 4.79 Å². The van der Waals surface area contributed by atoms with Crippen LogP contribution < -0.4 is 0 Å². The van der Waals surface area contributed by atoms with E-state index in [1.54, 1.807) is 5.51 Å². The Morgan fingerprint density at radius 1 is 1.60 bits per heavy atom. The molecule has 0 unspecified atom stereocenters. The van der Waals surface area contributed by atoms with Gasteiger partial charge in [0.25, 0.3) is 5.91 Å². The smallest absolute Gasteiger partial charge is 0.274 e. The molecule has 0 radical (unpaired) electrons. The lowest BCUT2D eigenvalue weighted by Gasteiger charge is -2.28. The third-order valence-corrected chi connectivity index (χ3v) is 4.42. The second-order valence-corrected chi connectivity index (χ2v) is 6.23. The number of halogens is 2. The normalized spacial score (nSPS) is 18.1. The number of carbonyl (C=O) groups excluding carboxylic acids is 1. The van der Waals surface area contributed by atoms with Crippen LogP contribution in [0.3, 0.4) is 0 Å². The molecule has 1 aliphatic heterocycles. The number of hydrogen-bond acceptors (Lipinski definition) is 3. The average molecular weight is 310 g/mol. The van der Waals surface area contributed by atoms with E-state index in [0.29, 0.717) is 5.69 Å². The number of rotatable bonds is 1. The third kappa shape index (κ3) is 2.52. The molecule has 0 atom stereocenters. The van der Waals surface area contributed by atoms with Crippen LogP contribution in [0.2, 0.25) is 0 Å². The van der Waals surface area contributed by atoms with Gasteiger partial charge in [-0.2, -0.15) is 0 Å². The van der Waals surface area contributed by atoms with Crippen molar-refractivity contribution < 1.29 is 4.79 Å². The molecule has 1 saturated heterocycles. The summed E-state index contributed by atoms with van der Waals surface area (Å²) in [7, 11) is 0. The van der Waals surface area contributed by atoms with Crippen LogP contribution in [0.1, 0.15) is 23.3 Å². The van der Waals surface area contributed by atoms with E-state index in [2.05, 4.69) is 20.9 Å². The van der Waals surface area contributed by atoms with Crippen LogP contribution in [0.15, 0.2) is 9.30 Å². The zero-order chi connectivity index (χ0) is 10.8. The van der Waals surface area contributed by atoms with Crippen LogP contribution >= 0.6 is 38.9 Å². The van der Waals surface area contributed by atoms with Gasteiger partial charge in [-0.15, -0.1) is 22.9 Å². The number of alkyl halides is 1. The van der Waals surface area contributed by atoms with Crippen LogP contribution in [-0.2, 0) is 0 Å². The van der Waals surface area contributed by atoms with Crippen molar-refractivity contribution in [2.24, 2.45) is 0 Å². The Labute approximate surface area is 106 Å². The molecule has 0 aliphatic carbocycles. The highest BCUT2D eigenvalue weighted by Crippen LogP contribution is 2.24. The first-order valence-corrected chi connectivity index (χ1v) is 6.81. The van der Waals surface area contributed by atoms with E-state index in [1.165, 1.54) is 11.3 Å². The van der Waals surface area contributed by atoms with Gasteiger partial charge >= 0.3 is 0 Å². The average Bonchev–Trinajstić information content (AvgIpc) is 2.65. The zero-order valence-electron chi connectivity index (χ0n) is 7.95. The predicted molar refractivity (Wildman–Crippen MR) is 64.6 cm³/mol. The van der Waals surface area contributed by atoms with Gasteiger partial charge in [0.05, 0.1) is 5.51 Å². The number of thiazole rings is 1. The van der Waals surface area contributed by atoms with E-state index >= 15 is 0 Å². The maximum absolute atomic E-state index is 12.0. The lowest BCUT2D eigenvalue weighted by Crippen LogP contribution is -2.39. The highest BCUT2D eigenvalue weighted by atomic mass is 79.9. The summed E-state index contributed by atoms with van der Waals surface area (Å²) in [5.41, 5.74) is 2.19. The lowest BCUT2D eigenvalue weighted by atomic mass is 10.1. The second kappa shape index (κ2) is 4.80. The van der Waals surface area contributed by atoms with Crippen LogP contribution in [0.25, 0.3) is 0 Å². The summed E-state index contributed by atoms with van der Waals surface area (Å²) in [4.78, 5) is 17.9. The topological polar surface area (TPSA) is 33.2 Å². The van der Waals surface area contributed by atoms with E-state index in [4.69, 9.17) is 11.6 Å². The molecule has 1 fully saturated rings. The van der Waals surface area contributed by atoms with Gasteiger partial charge in [-0.05, 0) is 28.8 Å². The minimum atomic E-state index is 0.00620. The Kier molecular flexibility index (Phi) is 3.64. The van der Waals surface area contributed by atoms with Crippen molar-refractivity contribution >= 4 is 44.8 Å². The van der Waals surface area contributed by atoms with Crippen molar-refractivity contribution in [2.45, 2.75) is 18.2 Å². The molecule has 82 valence electrons. The molecular formula is C9H10BrClN2OS. The molecule has 2 rings (SSSR count). The van der Waals surface area contributed by atoms with Gasteiger partial charge in [0.1, 0.15) is 3.79 Å². The molecule has 1 aromatic rings. The van der Waals surface area contributed by atoms with E-state index in [1.807, 2.05) is 4.90 Å². The molecule has 0 spiro atoms. The molecule has 6 heteroatoms. The van der Waals surface area contributed by atoms with E-state index < -0.39 is 0 Å². The van der Waals surface area contributed by atoms with Crippen LogP contribution in [-0.4, -0.2) is 34.3 Å². The second-order valence-electron chi connectivity index (χ2n) is 3.44. The number of aromatic nitrogens is 1. The first-order chi connectivity index (χ1) is 7.18. The molecule has 0 saturated carbocycles. The number of piperidine rings is 1. The highest BCUT2D eigenvalue weighted by molar-refractivity contribution is 9.11. The summed E-state index contributed by atoms with van der Waals surface area (Å²) < 4.78 is 0.806. The summed E-state index contributed by atoms with van der Waals surface area (Å²) in [6.45, 7) is 1.47. The molecule has 1 amide bonds. The summed E-state index contributed by atoms with van der Waals surface area (Å²) in [6, 6.07) is 0. The summed E-state index contributed by atoms with van der Waals surface area (Å²) in [5, 5.41) is 0.216. The molecule has 0 N–H and O–H groups in total. The minimum Gasteiger partial charge on any atom is -0.337 e. The number of nitrogens with zero attached hydrogens (tertiary/aromatic N) is 2. The van der Waals surface area contributed by atoms with Crippen LogP contribution in [0, 0.1) is 0 Å². The SMILES string of the molecule is O=C(c1ncsc1Br)N1CCC(Cl)CC1. The third-order valence-electron chi connectivity index (χ3n) is 2.44. The van der Waals surface area contributed by atoms with Gasteiger partial charge in [-0.25, -0.2) is 4.98 Å². The number of hydrogen-bond donors (Lipinski definition) is 0. The standard InChI is InChI=1S/C9H10BrClN2OS/c10-8-7(12-5-15-8)9(14)13-3-1-6(11)2-4-13/h5-6H,1-4H2. The lowest BCUT2D eigenvalue weighted by molar-refractivity contribution is 0.0720. The fraction of sp³-hybridized carbons (Fsp3) is 0.556. The molecule has 1 aliphatic rings. The van der Waals surface area contributed by atoms with Crippen molar-refractivity contribution in [3.05, 3.63) is 15.0 Å². The molecule has 1 aromatic heterocycles. The minimum absolute atomic E-state index is 0.00620. The maximum atomic E-state index is 12.0. The first kappa shape index (κ1) is 11.4. The number of amides is 1. The molecular weight excluding hydrogens is 300 g/mol. The van der Waals surface area contributed by atoms with Gasteiger partial charge in [0.15, 0.2) is 5.69 Å². The Morgan fingerprint density at radius 3 is 2.80 bits per heavy atom. The Hall–Kier alpha value is -0.130. The van der Waals surface area contributed by atoms with Crippen molar-refractivity contribution in [3.8, 4) is 0 Å². The van der Waals surface area contributed by atoms with Crippen molar-refractivity contribution in [2.75, 3.05) is 13.1 Å². The van der Waals surface area contributed by atoms with E-state index in [-0.39, 0.29) is 11.3 Å².